The highest BCUT2D eigenvalue weighted by molar-refractivity contribution is 7.92. The van der Waals surface area contributed by atoms with Gasteiger partial charge in [-0.1, -0.05) is 0 Å². The Labute approximate surface area is 156 Å². The smallest absolute Gasteiger partial charge is 0.261 e. The van der Waals surface area contributed by atoms with Crippen molar-refractivity contribution >= 4 is 21.6 Å². The Hall–Kier alpha value is -3.27. The average molecular weight is 386 g/mol. The molecule has 0 aliphatic carbocycles. The summed E-state index contributed by atoms with van der Waals surface area (Å²) in [6.07, 6.45) is 4.58. The van der Waals surface area contributed by atoms with E-state index in [1.165, 1.54) is 36.7 Å². The molecular weight excluding hydrogens is 368 g/mol. The third kappa shape index (κ3) is 4.47. The van der Waals surface area contributed by atoms with Crippen LogP contribution < -0.4 is 10.0 Å². The van der Waals surface area contributed by atoms with Crippen LogP contribution in [0.15, 0.2) is 60.0 Å². The van der Waals surface area contributed by atoms with Crippen LogP contribution in [0.5, 0.6) is 0 Å². The van der Waals surface area contributed by atoms with Gasteiger partial charge in [-0.3, -0.25) is 14.5 Å². The van der Waals surface area contributed by atoms with Gasteiger partial charge in [-0.15, -0.1) is 10.2 Å². The quantitative estimate of drug-likeness (QED) is 0.634. The maximum atomic E-state index is 12.4. The van der Waals surface area contributed by atoms with Crippen molar-refractivity contribution in [1.82, 2.24) is 25.1 Å². The van der Waals surface area contributed by atoms with Crippen LogP contribution in [0.4, 0.5) is 5.69 Å². The van der Waals surface area contributed by atoms with Crippen molar-refractivity contribution in [2.75, 3.05) is 4.72 Å². The number of pyridine rings is 1. The normalized spacial score (nSPS) is 11.1. The van der Waals surface area contributed by atoms with E-state index < -0.39 is 10.0 Å². The van der Waals surface area contributed by atoms with Gasteiger partial charge < -0.3 is 9.88 Å². The second-order valence-electron chi connectivity index (χ2n) is 5.58. The van der Waals surface area contributed by atoms with Gasteiger partial charge in [0.15, 0.2) is 5.82 Å². The number of hydrogen-bond acceptors (Lipinski definition) is 6. The van der Waals surface area contributed by atoms with Crippen LogP contribution in [0.3, 0.4) is 0 Å². The summed E-state index contributed by atoms with van der Waals surface area (Å²) in [7, 11) is -3.74. The topological polar surface area (TPSA) is 119 Å². The number of benzene rings is 1. The summed E-state index contributed by atoms with van der Waals surface area (Å²) in [6.45, 7) is 2.89. The highest BCUT2D eigenvalue weighted by Gasteiger charge is 2.15. The van der Waals surface area contributed by atoms with Crippen LogP contribution in [0.25, 0.3) is 0 Å². The Kier molecular flexibility index (Phi) is 5.46. The van der Waals surface area contributed by atoms with E-state index in [9.17, 15) is 13.2 Å². The predicted molar refractivity (Wildman–Crippen MR) is 98.4 cm³/mol. The molecule has 0 aliphatic rings. The van der Waals surface area contributed by atoms with Gasteiger partial charge >= 0.3 is 0 Å². The van der Waals surface area contributed by atoms with E-state index in [0.717, 1.165) is 0 Å². The third-order valence-corrected chi connectivity index (χ3v) is 5.20. The van der Waals surface area contributed by atoms with E-state index in [1.807, 2.05) is 11.5 Å². The molecule has 27 heavy (non-hydrogen) atoms. The summed E-state index contributed by atoms with van der Waals surface area (Å²) in [5, 5.41) is 10.5. The number of aromatic nitrogens is 4. The van der Waals surface area contributed by atoms with Crippen LogP contribution in [-0.2, 0) is 23.1 Å². The molecular formula is C17H18N6O3S. The number of amides is 1. The van der Waals surface area contributed by atoms with E-state index in [-0.39, 0.29) is 17.3 Å². The van der Waals surface area contributed by atoms with Crippen molar-refractivity contribution in [2.45, 2.75) is 24.9 Å². The molecule has 2 N–H and O–H groups in total. The minimum Gasteiger partial charge on any atom is -0.345 e. The Morgan fingerprint density at radius 2 is 1.81 bits per heavy atom. The molecule has 3 aromatic rings. The van der Waals surface area contributed by atoms with Gasteiger partial charge in [0.1, 0.15) is 6.33 Å². The number of carbonyl (C=O) groups is 1. The van der Waals surface area contributed by atoms with Gasteiger partial charge in [0.2, 0.25) is 0 Å². The number of hydrogen-bond donors (Lipinski definition) is 2. The monoisotopic (exact) mass is 386 g/mol. The summed E-state index contributed by atoms with van der Waals surface area (Å²) >= 11 is 0. The highest BCUT2D eigenvalue weighted by Crippen LogP contribution is 2.16. The zero-order valence-corrected chi connectivity index (χ0v) is 15.3. The summed E-state index contributed by atoms with van der Waals surface area (Å²) in [4.78, 5) is 16.1. The first-order valence-electron chi connectivity index (χ1n) is 8.17. The standard InChI is InChI=1S/C17H18N6O3S/c1-2-23-12-20-21-16(23)11-19-17(24)13-3-5-15(6-4-13)27(25,26)22-14-7-9-18-10-8-14/h3-10,12H,2,11H2,1H3,(H,18,22)(H,19,24). The van der Waals surface area contributed by atoms with Gasteiger partial charge in [-0.05, 0) is 43.3 Å². The van der Waals surface area contributed by atoms with Crippen LogP contribution >= 0.6 is 0 Å². The molecule has 0 saturated heterocycles. The molecule has 0 fully saturated rings. The van der Waals surface area contributed by atoms with Crippen molar-refractivity contribution in [2.24, 2.45) is 0 Å². The van der Waals surface area contributed by atoms with Crippen molar-refractivity contribution in [3.63, 3.8) is 0 Å². The number of nitrogens with zero attached hydrogens (tertiary/aromatic N) is 4. The van der Waals surface area contributed by atoms with Crippen LogP contribution in [0.1, 0.15) is 23.1 Å². The molecule has 2 heterocycles. The lowest BCUT2D eigenvalue weighted by Gasteiger charge is -2.09. The Balaban J connectivity index is 1.66. The van der Waals surface area contributed by atoms with Crippen molar-refractivity contribution in [1.29, 1.82) is 0 Å². The van der Waals surface area contributed by atoms with Crippen molar-refractivity contribution in [3.05, 3.63) is 66.5 Å². The summed E-state index contributed by atoms with van der Waals surface area (Å²) in [5.74, 6) is 0.318. The molecule has 0 spiro atoms. The number of nitrogens with one attached hydrogen (secondary N) is 2. The molecule has 0 saturated carbocycles. The van der Waals surface area contributed by atoms with E-state index in [1.54, 1.807) is 18.5 Å². The molecule has 9 nitrogen and oxygen atoms in total. The number of aryl methyl sites for hydroxylation is 1. The van der Waals surface area contributed by atoms with E-state index in [4.69, 9.17) is 0 Å². The number of anilines is 1. The molecule has 0 atom stereocenters. The van der Waals surface area contributed by atoms with Crippen LogP contribution in [0.2, 0.25) is 0 Å². The van der Waals surface area contributed by atoms with Gasteiger partial charge in [0.25, 0.3) is 15.9 Å². The van der Waals surface area contributed by atoms with Gasteiger partial charge in [0.05, 0.1) is 17.1 Å². The minimum atomic E-state index is -3.74. The van der Waals surface area contributed by atoms with Gasteiger partial charge in [0, 0.05) is 24.5 Å². The first-order valence-corrected chi connectivity index (χ1v) is 9.65. The van der Waals surface area contributed by atoms with E-state index >= 15 is 0 Å². The highest BCUT2D eigenvalue weighted by atomic mass is 32.2. The molecule has 0 aliphatic heterocycles. The van der Waals surface area contributed by atoms with Crippen molar-refractivity contribution < 1.29 is 13.2 Å². The average Bonchev–Trinajstić information content (AvgIpc) is 3.14. The lowest BCUT2D eigenvalue weighted by Crippen LogP contribution is -2.24. The van der Waals surface area contributed by atoms with Gasteiger partial charge in [-0.25, -0.2) is 8.42 Å². The molecule has 3 rings (SSSR count). The van der Waals surface area contributed by atoms with Crippen LogP contribution in [-0.4, -0.2) is 34.1 Å². The zero-order valence-electron chi connectivity index (χ0n) is 14.5. The molecule has 1 aromatic carbocycles. The molecule has 2 aromatic heterocycles. The molecule has 0 unspecified atom stereocenters. The Bertz CT molecular complexity index is 1020. The fraction of sp³-hybridized carbons (Fsp3) is 0.176. The summed E-state index contributed by atoms with van der Waals surface area (Å²) in [6, 6.07) is 8.78. The maximum absolute atomic E-state index is 12.4. The lowest BCUT2D eigenvalue weighted by molar-refractivity contribution is 0.0949. The lowest BCUT2D eigenvalue weighted by atomic mass is 10.2. The Morgan fingerprint density at radius 1 is 1.11 bits per heavy atom. The summed E-state index contributed by atoms with van der Waals surface area (Å²) in [5.41, 5.74) is 0.757. The second-order valence-corrected chi connectivity index (χ2v) is 7.26. The number of sulfonamides is 1. The van der Waals surface area contributed by atoms with Crippen molar-refractivity contribution in [3.8, 4) is 0 Å². The maximum Gasteiger partial charge on any atom is 0.261 e. The SMILES string of the molecule is CCn1cnnc1CNC(=O)c1ccc(S(=O)(=O)Nc2ccncc2)cc1. The first-order chi connectivity index (χ1) is 13.0. The first kappa shape index (κ1) is 18.5. The Morgan fingerprint density at radius 3 is 2.48 bits per heavy atom. The molecule has 0 radical (unpaired) electrons. The van der Waals surface area contributed by atoms with Gasteiger partial charge in [-0.2, -0.15) is 0 Å². The van der Waals surface area contributed by atoms with E-state index in [2.05, 4.69) is 25.2 Å². The number of carbonyl (C=O) groups excluding carboxylic acids is 1. The second kappa shape index (κ2) is 7.96. The summed E-state index contributed by atoms with van der Waals surface area (Å²) < 4.78 is 29.0. The molecule has 1 amide bonds. The third-order valence-electron chi connectivity index (χ3n) is 3.80. The predicted octanol–water partition coefficient (Wildman–Crippen LogP) is 1.42. The molecule has 140 valence electrons. The van der Waals surface area contributed by atoms with E-state index in [0.29, 0.717) is 23.6 Å². The zero-order chi connectivity index (χ0) is 19.3. The molecule has 0 bridgehead atoms. The van der Waals surface area contributed by atoms with Crippen LogP contribution in [0, 0.1) is 0 Å². The minimum absolute atomic E-state index is 0.0570. The molecule has 10 heteroatoms. The fourth-order valence-electron chi connectivity index (χ4n) is 2.36. The fourth-order valence-corrected chi connectivity index (χ4v) is 3.42. The number of rotatable bonds is 7. The largest absolute Gasteiger partial charge is 0.345 e.